The van der Waals surface area contributed by atoms with Gasteiger partial charge in [-0.2, -0.15) is 0 Å². The van der Waals surface area contributed by atoms with Crippen LogP contribution in [0, 0.1) is 6.92 Å². The lowest BCUT2D eigenvalue weighted by atomic mass is 10.2. The van der Waals surface area contributed by atoms with Crippen molar-refractivity contribution in [3.05, 3.63) is 40.9 Å². The molecule has 0 aromatic carbocycles. The predicted molar refractivity (Wildman–Crippen MR) is 96.1 cm³/mol. The summed E-state index contributed by atoms with van der Waals surface area (Å²) in [6.45, 7) is 4.02. The lowest BCUT2D eigenvalue weighted by Gasteiger charge is -2.08. The molecule has 24 heavy (non-hydrogen) atoms. The summed E-state index contributed by atoms with van der Waals surface area (Å²) < 4.78 is 6.24. The molecule has 3 heterocycles. The first-order valence-corrected chi connectivity index (χ1v) is 8.50. The quantitative estimate of drug-likeness (QED) is 0.563. The van der Waals surface area contributed by atoms with Crippen molar-refractivity contribution in [1.82, 2.24) is 4.98 Å². The van der Waals surface area contributed by atoms with Crippen molar-refractivity contribution in [2.45, 2.75) is 26.4 Å². The molecule has 0 aliphatic heterocycles. The molecule has 0 unspecified atom stereocenters. The summed E-state index contributed by atoms with van der Waals surface area (Å²) in [6, 6.07) is 4.78. The van der Waals surface area contributed by atoms with Gasteiger partial charge in [-0.25, -0.2) is 4.98 Å². The Labute approximate surface area is 147 Å². The van der Waals surface area contributed by atoms with Crippen LogP contribution in [0.15, 0.2) is 28.9 Å². The van der Waals surface area contributed by atoms with Gasteiger partial charge in [-0.3, -0.25) is 4.79 Å². The summed E-state index contributed by atoms with van der Waals surface area (Å²) in [5, 5.41) is 16.5. The van der Waals surface area contributed by atoms with Gasteiger partial charge in [-0.05, 0) is 26.0 Å². The molecule has 6 nitrogen and oxygen atoms in total. The second-order valence-corrected chi connectivity index (χ2v) is 6.77. The first-order valence-electron chi connectivity index (χ1n) is 7.31. The van der Waals surface area contributed by atoms with Gasteiger partial charge in [0.2, 0.25) is 0 Å². The zero-order valence-corrected chi connectivity index (χ0v) is 14.7. The molecule has 0 bridgehead atoms. The lowest BCUT2D eigenvalue weighted by Crippen LogP contribution is -2.25. The second-order valence-electron chi connectivity index (χ2n) is 5.36. The van der Waals surface area contributed by atoms with Crippen LogP contribution < -0.4 is 10.6 Å². The van der Waals surface area contributed by atoms with Crippen LogP contribution in [0.2, 0.25) is 5.15 Å². The highest BCUT2D eigenvalue weighted by Gasteiger charge is 2.18. The molecular formula is C16H16ClN3O3S. The molecule has 0 saturated carbocycles. The zero-order chi connectivity index (χ0) is 17.3. The van der Waals surface area contributed by atoms with Crippen LogP contribution >= 0.6 is 22.9 Å². The number of carbonyl (C=O) groups is 1. The van der Waals surface area contributed by atoms with Crippen LogP contribution in [0.25, 0.3) is 10.2 Å². The maximum atomic E-state index is 11.1. The van der Waals surface area contributed by atoms with Gasteiger partial charge in [0.1, 0.15) is 17.0 Å². The summed E-state index contributed by atoms with van der Waals surface area (Å²) in [5.74, 6) is -0.101. The minimum absolute atomic E-state index is 0.378. The number of carboxylic acid groups (broad SMARTS) is 1. The Balaban J connectivity index is 1.95. The normalized spacial score (nSPS) is 12.3. The van der Waals surface area contributed by atoms with Crippen LogP contribution in [-0.2, 0) is 11.3 Å². The Hall–Kier alpha value is -2.25. The van der Waals surface area contributed by atoms with E-state index in [1.54, 1.807) is 19.3 Å². The summed E-state index contributed by atoms with van der Waals surface area (Å²) in [6.07, 6.45) is 1.62. The zero-order valence-electron chi connectivity index (χ0n) is 13.1. The standard InChI is InChI=1S/C16H16ClN3O3S/c1-8-13-14(24-15(8)19-9(2)16(21)22)11(6-12(17)20-13)18-7-10-4-3-5-23-10/h3-6,9,19H,7H2,1-2H3,(H,18,20)(H,21,22)/t9-/m1/s1. The first kappa shape index (κ1) is 16.6. The Bertz CT molecular complexity index is 876. The smallest absolute Gasteiger partial charge is 0.325 e. The van der Waals surface area contributed by atoms with Gasteiger partial charge in [-0.1, -0.05) is 11.6 Å². The van der Waals surface area contributed by atoms with Crippen molar-refractivity contribution in [2.24, 2.45) is 0 Å². The van der Waals surface area contributed by atoms with Crippen molar-refractivity contribution in [2.75, 3.05) is 10.6 Å². The average molecular weight is 366 g/mol. The van der Waals surface area contributed by atoms with Gasteiger partial charge in [0, 0.05) is 11.6 Å². The van der Waals surface area contributed by atoms with Crippen LogP contribution in [-0.4, -0.2) is 22.1 Å². The van der Waals surface area contributed by atoms with Gasteiger partial charge < -0.3 is 20.2 Å². The van der Waals surface area contributed by atoms with E-state index in [4.69, 9.17) is 21.1 Å². The van der Waals surface area contributed by atoms with Crippen molar-refractivity contribution >= 4 is 49.8 Å². The highest BCUT2D eigenvalue weighted by atomic mass is 35.5. The maximum Gasteiger partial charge on any atom is 0.325 e. The molecule has 1 atom stereocenters. The predicted octanol–water partition coefficient (Wildman–Crippen LogP) is 4.35. The number of anilines is 2. The second kappa shape index (κ2) is 6.70. The van der Waals surface area contributed by atoms with E-state index >= 15 is 0 Å². The molecular weight excluding hydrogens is 350 g/mol. The topological polar surface area (TPSA) is 87.4 Å². The Morgan fingerprint density at radius 3 is 3.00 bits per heavy atom. The van der Waals surface area contributed by atoms with E-state index in [0.29, 0.717) is 11.7 Å². The summed E-state index contributed by atoms with van der Waals surface area (Å²) in [7, 11) is 0. The van der Waals surface area contributed by atoms with E-state index < -0.39 is 12.0 Å². The molecule has 126 valence electrons. The number of aliphatic carboxylic acids is 1. The third kappa shape index (κ3) is 3.32. The number of nitrogens with zero attached hydrogens (tertiary/aromatic N) is 1. The van der Waals surface area contributed by atoms with Gasteiger partial charge >= 0.3 is 5.97 Å². The number of fused-ring (bicyclic) bond motifs is 1. The maximum absolute atomic E-state index is 11.1. The summed E-state index contributed by atoms with van der Waals surface area (Å²) >= 11 is 7.59. The van der Waals surface area contributed by atoms with Gasteiger partial charge in [0.15, 0.2) is 0 Å². The molecule has 8 heteroatoms. The largest absolute Gasteiger partial charge is 0.480 e. The number of hydrogen-bond acceptors (Lipinski definition) is 6. The Morgan fingerprint density at radius 1 is 1.54 bits per heavy atom. The van der Waals surface area contributed by atoms with Crippen molar-refractivity contribution < 1.29 is 14.3 Å². The molecule has 3 N–H and O–H groups in total. The number of aryl methyl sites for hydroxylation is 1. The van der Waals surface area contributed by atoms with Crippen molar-refractivity contribution in [3.8, 4) is 0 Å². The van der Waals surface area contributed by atoms with E-state index in [1.165, 1.54) is 11.3 Å². The van der Waals surface area contributed by atoms with Crippen LogP contribution in [0.1, 0.15) is 18.2 Å². The highest BCUT2D eigenvalue weighted by molar-refractivity contribution is 7.23. The fourth-order valence-corrected chi connectivity index (χ4v) is 3.69. The Kier molecular flexibility index (Phi) is 4.64. The SMILES string of the molecule is Cc1c(N[C@H](C)C(=O)O)sc2c(NCc3ccco3)cc(Cl)nc12. The average Bonchev–Trinajstić information content (AvgIpc) is 3.15. The number of aromatic nitrogens is 1. The van der Waals surface area contributed by atoms with E-state index in [0.717, 1.165) is 32.2 Å². The van der Waals surface area contributed by atoms with Crippen LogP contribution in [0.5, 0.6) is 0 Å². The fourth-order valence-electron chi connectivity index (χ4n) is 2.27. The third-order valence-corrected chi connectivity index (χ3v) is 5.03. The molecule has 0 saturated heterocycles. The molecule has 3 rings (SSSR count). The molecule has 3 aromatic rings. The number of pyridine rings is 1. The minimum atomic E-state index is -0.908. The monoisotopic (exact) mass is 365 g/mol. The fraction of sp³-hybridized carbons (Fsp3) is 0.250. The van der Waals surface area contributed by atoms with Gasteiger partial charge in [-0.15, -0.1) is 11.3 Å². The number of rotatable bonds is 6. The van der Waals surface area contributed by atoms with Crippen LogP contribution in [0.3, 0.4) is 0 Å². The number of nitrogens with one attached hydrogen (secondary N) is 2. The number of halogens is 1. The molecule has 3 aromatic heterocycles. The van der Waals surface area contributed by atoms with Crippen LogP contribution in [0.4, 0.5) is 10.7 Å². The number of carboxylic acids is 1. The first-order chi connectivity index (χ1) is 11.5. The van der Waals surface area contributed by atoms with E-state index in [9.17, 15) is 4.79 Å². The summed E-state index contributed by atoms with van der Waals surface area (Å²) in [4.78, 5) is 15.4. The minimum Gasteiger partial charge on any atom is -0.480 e. The number of thiophene rings is 1. The number of hydrogen-bond donors (Lipinski definition) is 3. The molecule has 0 aliphatic carbocycles. The molecule has 0 radical (unpaired) electrons. The van der Waals surface area contributed by atoms with Crippen molar-refractivity contribution in [1.29, 1.82) is 0 Å². The molecule has 0 spiro atoms. The number of furan rings is 1. The lowest BCUT2D eigenvalue weighted by molar-refractivity contribution is -0.137. The van der Waals surface area contributed by atoms with E-state index in [2.05, 4.69) is 15.6 Å². The summed E-state index contributed by atoms with van der Waals surface area (Å²) in [5.41, 5.74) is 2.48. The van der Waals surface area contributed by atoms with E-state index in [-0.39, 0.29) is 0 Å². The highest BCUT2D eigenvalue weighted by Crippen LogP contribution is 2.39. The third-order valence-electron chi connectivity index (χ3n) is 3.59. The Morgan fingerprint density at radius 2 is 2.33 bits per heavy atom. The molecule has 0 aliphatic rings. The molecule has 0 amide bonds. The van der Waals surface area contributed by atoms with Gasteiger partial charge in [0.25, 0.3) is 0 Å². The van der Waals surface area contributed by atoms with Gasteiger partial charge in [0.05, 0.1) is 33.7 Å². The van der Waals surface area contributed by atoms with E-state index in [1.807, 2.05) is 19.1 Å². The molecule has 0 fully saturated rings. The van der Waals surface area contributed by atoms with Crippen molar-refractivity contribution in [3.63, 3.8) is 0 Å².